The Balaban J connectivity index is 2.14. The first-order valence-corrected chi connectivity index (χ1v) is 13.4. The quantitative estimate of drug-likeness (QED) is 0.132. The third kappa shape index (κ3) is 9.74. The molecule has 0 heterocycles. The van der Waals surface area contributed by atoms with E-state index in [0.29, 0.717) is 26.4 Å². The Kier molecular flexibility index (Phi) is 13.5. The Labute approximate surface area is 229 Å². The minimum absolute atomic E-state index is 0.111. The van der Waals surface area contributed by atoms with Crippen molar-refractivity contribution in [3.05, 3.63) is 47.5 Å². The van der Waals surface area contributed by atoms with Crippen LogP contribution in [0.25, 0.3) is 0 Å². The van der Waals surface area contributed by atoms with E-state index in [9.17, 15) is 19.2 Å². The van der Waals surface area contributed by atoms with Crippen molar-refractivity contribution in [2.24, 2.45) is 0 Å². The molecule has 0 aliphatic carbocycles. The molecule has 0 fully saturated rings. The molecule has 0 saturated carbocycles. The number of hydrogen-bond acceptors (Lipinski definition) is 9. The van der Waals surface area contributed by atoms with Crippen LogP contribution in [0.4, 0.5) is 0 Å². The molecule has 0 N–H and O–H groups in total. The fourth-order valence-electron chi connectivity index (χ4n) is 3.54. The molecule has 9 heteroatoms. The number of benzene rings is 2. The fraction of sp³-hybridized carbons (Fsp3) is 0.467. The third-order valence-electron chi connectivity index (χ3n) is 5.22. The van der Waals surface area contributed by atoms with Gasteiger partial charge in [0.25, 0.3) is 0 Å². The van der Waals surface area contributed by atoms with Crippen LogP contribution in [-0.4, -0.2) is 49.9 Å². The number of hydrogen-bond donors (Lipinski definition) is 0. The molecule has 2 aromatic rings. The van der Waals surface area contributed by atoms with Crippen LogP contribution in [0.2, 0.25) is 0 Å². The zero-order valence-corrected chi connectivity index (χ0v) is 23.2. The van der Waals surface area contributed by atoms with Crippen LogP contribution in [0, 0.1) is 0 Å². The van der Waals surface area contributed by atoms with Crippen molar-refractivity contribution in [3.63, 3.8) is 0 Å². The van der Waals surface area contributed by atoms with Crippen molar-refractivity contribution in [1.82, 2.24) is 0 Å². The van der Waals surface area contributed by atoms with Gasteiger partial charge in [0.2, 0.25) is 0 Å². The fourth-order valence-corrected chi connectivity index (χ4v) is 3.54. The van der Waals surface area contributed by atoms with Crippen LogP contribution in [0.5, 0.6) is 23.0 Å². The lowest BCUT2D eigenvalue weighted by molar-refractivity contribution is -0.158. The standard InChI is InChI=1S/C30H38O9/c1-5-15-35-23-11-9-12-24(36-16-6-2)29(23)21(31)19-27(33)39-28(34)20-22(32)30-25(37-17-7-3)13-10-14-26(30)38-18-8-4/h9-14H,5-8,15-20H2,1-4H3. The molecule has 0 atom stereocenters. The molecule has 0 aliphatic rings. The maximum atomic E-state index is 13.1. The van der Waals surface area contributed by atoms with Crippen molar-refractivity contribution in [2.45, 2.75) is 66.2 Å². The van der Waals surface area contributed by atoms with E-state index in [0.717, 1.165) is 25.7 Å². The van der Waals surface area contributed by atoms with Gasteiger partial charge in [-0.2, -0.15) is 0 Å². The molecule has 2 aromatic carbocycles. The lowest BCUT2D eigenvalue weighted by Gasteiger charge is -2.15. The van der Waals surface area contributed by atoms with E-state index in [4.69, 9.17) is 23.7 Å². The first-order chi connectivity index (χ1) is 18.9. The smallest absolute Gasteiger partial charge is 0.321 e. The van der Waals surface area contributed by atoms with Gasteiger partial charge in [0, 0.05) is 0 Å². The number of ether oxygens (including phenoxy) is 5. The van der Waals surface area contributed by atoms with Crippen molar-refractivity contribution < 1.29 is 42.9 Å². The average Bonchev–Trinajstić information content (AvgIpc) is 2.92. The molecule has 39 heavy (non-hydrogen) atoms. The van der Waals surface area contributed by atoms with Gasteiger partial charge in [-0.25, -0.2) is 0 Å². The molecule has 0 unspecified atom stereocenters. The number of Topliss-reactive ketones (excluding diaryl/α,β-unsaturated/α-hetero) is 2. The average molecular weight is 543 g/mol. The first kappa shape index (κ1) is 31.3. The molecule has 0 amide bonds. The van der Waals surface area contributed by atoms with E-state index >= 15 is 0 Å². The molecule has 212 valence electrons. The molecule has 0 radical (unpaired) electrons. The van der Waals surface area contributed by atoms with Crippen molar-refractivity contribution in [3.8, 4) is 23.0 Å². The summed E-state index contributed by atoms with van der Waals surface area (Å²) in [7, 11) is 0. The van der Waals surface area contributed by atoms with Gasteiger partial charge in [-0.3, -0.25) is 19.2 Å². The summed E-state index contributed by atoms with van der Waals surface area (Å²) in [6.45, 7) is 9.19. The highest BCUT2D eigenvalue weighted by Gasteiger charge is 2.26. The number of rotatable bonds is 18. The number of esters is 2. The molecule has 0 bridgehead atoms. The van der Waals surface area contributed by atoms with E-state index in [2.05, 4.69) is 0 Å². The largest absolute Gasteiger partial charge is 0.493 e. The summed E-state index contributed by atoms with van der Waals surface area (Å²) in [5.74, 6) is -2.26. The second-order valence-corrected chi connectivity index (χ2v) is 8.70. The summed E-state index contributed by atoms with van der Waals surface area (Å²) in [5.41, 5.74) is 0.221. The zero-order valence-electron chi connectivity index (χ0n) is 23.2. The minimum atomic E-state index is -1.08. The molecule has 0 aliphatic heterocycles. The molecule has 0 saturated heterocycles. The van der Waals surface area contributed by atoms with Crippen LogP contribution < -0.4 is 18.9 Å². The van der Waals surface area contributed by atoms with E-state index in [1.54, 1.807) is 36.4 Å². The predicted octanol–water partition coefficient (Wildman–Crippen LogP) is 5.76. The highest BCUT2D eigenvalue weighted by atomic mass is 16.6. The maximum absolute atomic E-state index is 13.1. The van der Waals surface area contributed by atoms with E-state index in [1.165, 1.54) is 0 Å². The molecule has 0 aromatic heterocycles. The first-order valence-electron chi connectivity index (χ1n) is 13.4. The molecule has 2 rings (SSSR count). The van der Waals surface area contributed by atoms with Crippen LogP contribution >= 0.6 is 0 Å². The van der Waals surface area contributed by atoms with Crippen molar-refractivity contribution in [2.75, 3.05) is 26.4 Å². The Bertz CT molecular complexity index is 983. The topological polar surface area (TPSA) is 114 Å². The highest BCUT2D eigenvalue weighted by Crippen LogP contribution is 2.32. The van der Waals surface area contributed by atoms with Crippen LogP contribution in [0.1, 0.15) is 86.9 Å². The van der Waals surface area contributed by atoms with Gasteiger partial charge in [-0.1, -0.05) is 39.8 Å². The summed E-state index contributed by atoms with van der Waals surface area (Å²) >= 11 is 0. The van der Waals surface area contributed by atoms with Gasteiger partial charge < -0.3 is 23.7 Å². The highest BCUT2D eigenvalue weighted by molar-refractivity contribution is 6.13. The van der Waals surface area contributed by atoms with Gasteiger partial charge in [-0.05, 0) is 49.9 Å². The lowest BCUT2D eigenvalue weighted by Crippen LogP contribution is -2.20. The summed E-state index contributed by atoms with van der Waals surface area (Å²) in [6.07, 6.45) is 1.42. The lowest BCUT2D eigenvalue weighted by atomic mass is 10.0. The predicted molar refractivity (Wildman–Crippen MR) is 145 cm³/mol. The second kappa shape index (κ2) is 16.9. The third-order valence-corrected chi connectivity index (χ3v) is 5.22. The van der Waals surface area contributed by atoms with Gasteiger partial charge in [0.05, 0.1) is 26.4 Å². The van der Waals surface area contributed by atoms with Crippen molar-refractivity contribution >= 4 is 23.5 Å². The Morgan fingerprint density at radius 1 is 0.513 bits per heavy atom. The number of ketones is 2. The van der Waals surface area contributed by atoms with Crippen molar-refractivity contribution in [1.29, 1.82) is 0 Å². The summed E-state index contributed by atoms with van der Waals surface area (Å²) < 4.78 is 27.6. The number of carbonyl (C=O) groups is 4. The summed E-state index contributed by atoms with van der Waals surface area (Å²) in [6, 6.07) is 9.86. The summed E-state index contributed by atoms with van der Waals surface area (Å²) in [4.78, 5) is 51.2. The Morgan fingerprint density at radius 2 is 0.795 bits per heavy atom. The Hall–Kier alpha value is -3.88. The van der Waals surface area contributed by atoms with Crippen LogP contribution in [0.15, 0.2) is 36.4 Å². The van der Waals surface area contributed by atoms with Crippen LogP contribution in [0.3, 0.4) is 0 Å². The van der Waals surface area contributed by atoms with E-state index in [1.807, 2.05) is 27.7 Å². The van der Waals surface area contributed by atoms with Gasteiger partial charge in [0.15, 0.2) is 11.6 Å². The normalized spacial score (nSPS) is 10.5. The van der Waals surface area contributed by atoms with Gasteiger partial charge in [0.1, 0.15) is 47.0 Å². The van der Waals surface area contributed by atoms with Gasteiger partial charge >= 0.3 is 11.9 Å². The Morgan fingerprint density at radius 3 is 1.05 bits per heavy atom. The van der Waals surface area contributed by atoms with Crippen LogP contribution in [-0.2, 0) is 14.3 Å². The summed E-state index contributed by atoms with van der Waals surface area (Å²) in [5, 5.41) is 0. The van der Waals surface area contributed by atoms with E-state index < -0.39 is 36.3 Å². The zero-order chi connectivity index (χ0) is 28.6. The molecular formula is C30H38O9. The maximum Gasteiger partial charge on any atom is 0.321 e. The minimum Gasteiger partial charge on any atom is -0.493 e. The second-order valence-electron chi connectivity index (χ2n) is 8.70. The van der Waals surface area contributed by atoms with E-state index in [-0.39, 0.29) is 34.1 Å². The SMILES string of the molecule is CCCOc1cccc(OCCC)c1C(=O)CC(=O)OC(=O)CC(=O)c1c(OCCC)cccc1OCCC. The number of carbonyl (C=O) groups excluding carboxylic acids is 4. The molecule has 9 nitrogen and oxygen atoms in total. The monoisotopic (exact) mass is 542 g/mol. The molecule has 0 spiro atoms. The van der Waals surface area contributed by atoms with Gasteiger partial charge in [-0.15, -0.1) is 0 Å². The molecular weight excluding hydrogens is 504 g/mol.